The van der Waals surface area contributed by atoms with E-state index in [2.05, 4.69) is 15.9 Å². The Labute approximate surface area is 98.2 Å². The van der Waals surface area contributed by atoms with Gasteiger partial charge in [-0.3, -0.25) is 0 Å². The molecule has 16 heavy (non-hydrogen) atoms. The lowest BCUT2D eigenvalue weighted by Crippen LogP contribution is -2.21. The summed E-state index contributed by atoms with van der Waals surface area (Å²) in [5, 5.41) is 9.60. The Morgan fingerprint density at radius 2 is 1.69 bits per heavy atom. The van der Waals surface area contributed by atoms with Crippen LogP contribution in [0.1, 0.15) is 25.0 Å². The molecular formula is C10H9BrF4O. The summed E-state index contributed by atoms with van der Waals surface area (Å²) < 4.78 is 51.0. The maximum atomic E-state index is 13.6. The van der Waals surface area contributed by atoms with Gasteiger partial charge in [0.25, 0.3) is 0 Å². The van der Waals surface area contributed by atoms with E-state index in [0.29, 0.717) is 6.07 Å². The van der Waals surface area contributed by atoms with Gasteiger partial charge in [0.1, 0.15) is 5.82 Å². The van der Waals surface area contributed by atoms with Gasteiger partial charge in [0.05, 0.1) is 11.2 Å². The molecule has 1 N–H and O–H groups in total. The van der Waals surface area contributed by atoms with Crippen molar-refractivity contribution in [3.8, 4) is 0 Å². The molecule has 90 valence electrons. The van der Waals surface area contributed by atoms with Gasteiger partial charge in [0, 0.05) is 10.0 Å². The summed E-state index contributed by atoms with van der Waals surface area (Å²) in [4.78, 5) is 0. The summed E-state index contributed by atoms with van der Waals surface area (Å²) in [5.41, 5.74) is -3.47. The van der Waals surface area contributed by atoms with E-state index in [1.807, 2.05) is 0 Å². The van der Waals surface area contributed by atoms with Crippen molar-refractivity contribution in [2.45, 2.75) is 25.6 Å². The number of hydrogen-bond acceptors (Lipinski definition) is 1. The van der Waals surface area contributed by atoms with Gasteiger partial charge in [-0.1, -0.05) is 15.9 Å². The summed E-state index contributed by atoms with van der Waals surface area (Å²) in [6.07, 6.45) is -4.77. The molecular weight excluding hydrogens is 292 g/mol. The van der Waals surface area contributed by atoms with Crippen LogP contribution < -0.4 is 0 Å². The molecule has 0 atom stereocenters. The molecule has 0 aliphatic carbocycles. The molecule has 0 bridgehead atoms. The van der Waals surface area contributed by atoms with E-state index in [1.54, 1.807) is 0 Å². The lowest BCUT2D eigenvalue weighted by Gasteiger charge is -2.22. The van der Waals surface area contributed by atoms with Crippen LogP contribution in [-0.4, -0.2) is 5.11 Å². The Morgan fingerprint density at radius 3 is 2.06 bits per heavy atom. The van der Waals surface area contributed by atoms with Crippen molar-refractivity contribution in [2.24, 2.45) is 0 Å². The molecule has 0 aliphatic heterocycles. The average molecular weight is 301 g/mol. The monoisotopic (exact) mass is 300 g/mol. The van der Waals surface area contributed by atoms with Crippen molar-refractivity contribution in [2.75, 3.05) is 0 Å². The topological polar surface area (TPSA) is 20.2 Å². The van der Waals surface area contributed by atoms with Gasteiger partial charge < -0.3 is 5.11 Å². The number of halogens is 5. The first kappa shape index (κ1) is 13.4. The van der Waals surface area contributed by atoms with Gasteiger partial charge in [-0.25, -0.2) is 4.39 Å². The lowest BCUT2D eigenvalue weighted by molar-refractivity contribution is -0.140. The number of hydrogen-bond donors (Lipinski definition) is 1. The number of benzene rings is 1. The summed E-state index contributed by atoms with van der Waals surface area (Å²) >= 11 is 2.92. The zero-order valence-electron chi connectivity index (χ0n) is 8.49. The summed E-state index contributed by atoms with van der Waals surface area (Å²) in [7, 11) is 0. The molecule has 0 amide bonds. The smallest absolute Gasteiger partial charge is 0.386 e. The number of rotatable bonds is 1. The van der Waals surface area contributed by atoms with E-state index in [1.165, 1.54) is 13.8 Å². The molecule has 0 saturated heterocycles. The Kier molecular flexibility index (Phi) is 3.36. The molecule has 0 heterocycles. The first-order chi connectivity index (χ1) is 7.05. The van der Waals surface area contributed by atoms with E-state index in [9.17, 15) is 22.7 Å². The Morgan fingerprint density at radius 1 is 1.19 bits per heavy atom. The Bertz CT molecular complexity index is 407. The van der Waals surface area contributed by atoms with Crippen molar-refractivity contribution in [3.05, 3.63) is 33.5 Å². The van der Waals surface area contributed by atoms with Gasteiger partial charge in [-0.15, -0.1) is 0 Å². The van der Waals surface area contributed by atoms with E-state index in [-0.39, 0.29) is 4.47 Å². The SMILES string of the molecule is CC(C)(O)c1c(Br)ccc(C(F)(F)F)c1F. The van der Waals surface area contributed by atoms with Crippen molar-refractivity contribution >= 4 is 15.9 Å². The van der Waals surface area contributed by atoms with Gasteiger partial charge in [0.15, 0.2) is 0 Å². The third-order valence-electron chi connectivity index (χ3n) is 2.01. The van der Waals surface area contributed by atoms with Crippen molar-refractivity contribution in [3.63, 3.8) is 0 Å². The van der Waals surface area contributed by atoms with Crippen LogP contribution in [0.2, 0.25) is 0 Å². The summed E-state index contributed by atoms with van der Waals surface area (Å²) in [5.74, 6) is -1.45. The normalized spacial score (nSPS) is 13.0. The molecule has 1 aromatic rings. The van der Waals surface area contributed by atoms with E-state index < -0.39 is 28.7 Å². The quantitative estimate of drug-likeness (QED) is 0.782. The minimum atomic E-state index is -4.77. The fourth-order valence-corrected chi connectivity index (χ4v) is 2.12. The maximum Gasteiger partial charge on any atom is 0.419 e. The minimum Gasteiger partial charge on any atom is -0.386 e. The molecule has 1 nitrogen and oxygen atoms in total. The first-order valence-electron chi connectivity index (χ1n) is 4.33. The molecule has 1 aromatic carbocycles. The van der Waals surface area contributed by atoms with Crippen LogP contribution in [0.3, 0.4) is 0 Å². The van der Waals surface area contributed by atoms with Crippen LogP contribution in [0.5, 0.6) is 0 Å². The van der Waals surface area contributed by atoms with Crippen molar-refractivity contribution in [1.29, 1.82) is 0 Å². The molecule has 0 spiro atoms. The second-order valence-corrected chi connectivity index (χ2v) is 4.70. The second-order valence-electron chi connectivity index (χ2n) is 3.84. The van der Waals surface area contributed by atoms with Gasteiger partial charge in [0.2, 0.25) is 0 Å². The molecule has 0 aromatic heterocycles. The Hall–Kier alpha value is -0.620. The predicted molar refractivity (Wildman–Crippen MR) is 54.3 cm³/mol. The highest BCUT2D eigenvalue weighted by Crippen LogP contribution is 2.38. The fourth-order valence-electron chi connectivity index (χ4n) is 1.33. The van der Waals surface area contributed by atoms with Crippen LogP contribution in [0.4, 0.5) is 17.6 Å². The first-order valence-corrected chi connectivity index (χ1v) is 5.12. The fraction of sp³-hybridized carbons (Fsp3) is 0.400. The molecule has 6 heteroatoms. The predicted octanol–water partition coefficient (Wildman–Crippen LogP) is 3.83. The summed E-state index contributed by atoms with van der Waals surface area (Å²) in [6.45, 7) is 2.44. The number of aliphatic hydroxyl groups is 1. The highest BCUT2D eigenvalue weighted by molar-refractivity contribution is 9.10. The maximum absolute atomic E-state index is 13.6. The zero-order chi connectivity index (χ0) is 12.7. The van der Waals surface area contributed by atoms with Crippen LogP contribution in [0, 0.1) is 5.82 Å². The van der Waals surface area contributed by atoms with Crippen LogP contribution >= 0.6 is 15.9 Å². The van der Waals surface area contributed by atoms with E-state index in [0.717, 1.165) is 6.07 Å². The highest BCUT2D eigenvalue weighted by Gasteiger charge is 2.37. The minimum absolute atomic E-state index is 0.102. The molecule has 1 rings (SSSR count). The molecule has 0 aliphatic rings. The summed E-state index contributed by atoms with van der Waals surface area (Å²) in [6, 6.07) is 1.70. The van der Waals surface area contributed by atoms with Crippen LogP contribution in [-0.2, 0) is 11.8 Å². The lowest BCUT2D eigenvalue weighted by atomic mass is 9.95. The van der Waals surface area contributed by atoms with E-state index >= 15 is 0 Å². The van der Waals surface area contributed by atoms with Gasteiger partial charge in [-0.2, -0.15) is 13.2 Å². The molecule has 0 unspecified atom stereocenters. The van der Waals surface area contributed by atoms with Crippen molar-refractivity contribution in [1.82, 2.24) is 0 Å². The molecule has 0 radical (unpaired) electrons. The average Bonchev–Trinajstić information content (AvgIpc) is 1.97. The highest BCUT2D eigenvalue weighted by atomic mass is 79.9. The Balaban J connectivity index is 3.52. The van der Waals surface area contributed by atoms with E-state index in [4.69, 9.17) is 0 Å². The van der Waals surface area contributed by atoms with Crippen LogP contribution in [0.15, 0.2) is 16.6 Å². The van der Waals surface area contributed by atoms with Crippen molar-refractivity contribution < 1.29 is 22.7 Å². The largest absolute Gasteiger partial charge is 0.419 e. The zero-order valence-corrected chi connectivity index (χ0v) is 10.1. The third kappa shape index (κ3) is 2.55. The third-order valence-corrected chi connectivity index (χ3v) is 2.67. The standard InChI is InChI=1S/C10H9BrF4O/c1-9(2,16)7-6(11)4-3-5(8(7)12)10(13,14)15/h3-4,16H,1-2H3. The second kappa shape index (κ2) is 4.00. The number of alkyl halides is 3. The van der Waals surface area contributed by atoms with Gasteiger partial charge in [-0.05, 0) is 26.0 Å². The van der Waals surface area contributed by atoms with Gasteiger partial charge >= 0.3 is 6.18 Å². The van der Waals surface area contributed by atoms with Crippen LogP contribution in [0.25, 0.3) is 0 Å². The molecule has 0 saturated carbocycles. The molecule has 0 fully saturated rings.